The first-order valence-electron chi connectivity index (χ1n) is 5.96. The Bertz CT molecular complexity index is 652. The summed E-state index contributed by atoms with van der Waals surface area (Å²) in [5.74, 6) is 1.43. The monoisotopic (exact) mass is 220 g/mol. The van der Waals surface area contributed by atoms with Gasteiger partial charge in [-0.05, 0) is 29.0 Å². The van der Waals surface area contributed by atoms with Crippen molar-refractivity contribution in [2.45, 2.75) is 12.0 Å². The zero-order chi connectivity index (χ0) is 11.2. The number of fused-ring (bicyclic) bond motifs is 4. The third-order valence-corrected chi connectivity index (χ3v) is 3.58. The number of ether oxygens (including phenoxy) is 1. The zero-order valence-corrected chi connectivity index (χ0v) is 9.34. The lowest BCUT2D eigenvalue weighted by Crippen LogP contribution is -2.15. The molecule has 17 heavy (non-hydrogen) atoms. The fourth-order valence-corrected chi connectivity index (χ4v) is 2.73. The molecule has 1 aliphatic heterocycles. The Hall–Kier alpha value is -2.02. The molecular weight excluding hydrogens is 208 g/mol. The highest BCUT2D eigenvalue weighted by atomic mass is 16.5. The molecule has 0 radical (unpaired) electrons. The summed E-state index contributed by atoms with van der Waals surface area (Å²) in [5, 5.41) is 2.54. The Balaban J connectivity index is 1.96. The second kappa shape index (κ2) is 3.24. The second-order valence-corrected chi connectivity index (χ2v) is 4.62. The molecule has 1 heteroatoms. The summed E-state index contributed by atoms with van der Waals surface area (Å²) in [6.45, 7) is 0. The molecule has 0 N–H and O–H groups in total. The van der Waals surface area contributed by atoms with Crippen LogP contribution in [-0.4, -0.2) is 6.10 Å². The molecule has 0 aromatic heterocycles. The summed E-state index contributed by atoms with van der Waals surface area (Å²) in [4.78, 5) is 0. The molecule has 0 saturated carbocycles. The molecule has 82 valence electrons. The topological polar surface area (TPSA) is 9.23 Å². The van der Waals surface area contributed by atoms with E-state index in [4.69, 9.17) is 4.74 Å². The molecule has 0 bridgehead atoms. The predicted octanol–water partition coefficient (Wildman–Crippen LogP) is 3.81. The van der Waals surface area contributed by atoms with Crippen LogP contribution in [-0.2, 0) is 0 Å². The maximum atomic E-state index is 5.98. The highest BCUT2D eigenvalue weighted by Crippen LogP contribution is 2.42. The van der Waals surface area contributed by atoms with Gasteiger partial charge in [0.1, 0.15) is 11.9 Å². The lowest BCUT2D eigenvalue weighted by Gasteiger charge is -2.13. The predicted molar refractivity (Wildman–Crippen MR) is 69.4 cm³/mol. The Labute approximate surface area is 100 Å². The van der Waals surface area contributed by atoms with E-state index in [9.17, 15) is 0 Å². The van der Waals surface area contributed by atoms with E-state index in [0.717, 1.165) is 5.75 Å². The van der Waals surface area contributed by atoms with E-state index in [1.807, 2.05) is 0 Å². The van der Waals surface area contributed by atoms with Crippen LogP contribution in [0.25, 0.3) is 10.8 Å². The van der Waals surface area contributed by atoms with Gasteiger partial charge in [-0.15, -0.1) is 0 Å². The molecule has 4 rings (SSSR count). The summed E-state index contributed by atoms with van der Waals surface area (Å²) in [5.41, 5.74) is 1.31. The van der Waals surface area contributed by atoms with E-state index in [1.165, 1.54) is 16.3 Å². The van der Waals surface area contributed by atoms with Gasteiger partial charge in [-0.3, -0.25) is 0 Å². The maximum Gasteiger partial charge on any atom is 0.128 e. The standard InChI is InChI=1S/C16H12O/c1-2-6-12-10-16-14(9-11(12)5-1)13-7-3-4-8-15(13)17-16/h1-10,13,15H. The van der Waals surface area contributed by atoms with Gasteiger partial charge in [0.25, 0.3) is 0 Å². The molecule has 1 aliphatic carbocycles. The van der Waals surface area contributed by atoms with Gasteiger partial charge in [0, 0.05) is 11.5 Å². The first kappa shape index (κ1) is 9.06. The number of allylic oxidation sites excluding steroid dienone is 2. The zero-order valence-electron chi connectivity index (χ0n) is 9.34. The van der Waals surface area contributed by atoms with Crippen molar-refractivity contribution >= 4 is 10.8 Å². The van der Waals surface area contributed by atoms with Crippen LogP contribution in [0.5, 0.6) is 5.75 Å². The molecule has 2 unspecified atom stereocenters. The van der Waals surface area contributed by atoms with Crippen molar-refractivity contribution in [1.29, 1.82) is 0 Å². The third kappa shape index (κ3) is 1.26. The van der Waals surface area contributed by atoms with Crippen molar-refractivity contribution in [3.8, 4) is 5.75 Å². The van der Waals surface area contributed by atoms with E-state index in [1.54, 1.807) is 0 Å². The van der Waals surface area contributed by atoms with Crippen molar-refractivity contribution in [2.24, 2.45) is 0 Å². The van der Waals surface area contributed by atoms with E-state index < -0.39 is 0 Å². The second-order valence-electron chi connectivity index (χ2n) is 4.62. The van der Waals surface area contributed by atoms with Gasteiger partial charge < -0.3 is 4.74 Å². The summed E-state index contributed by atoms with van der Waals surface area (Å²) in [6, 6.07) is 12.9. The van der Waals surface area contributed by atoms with Gasteiger partial charge >= 0.3 is 0 Å². The molecule has 0 fully saturated rings. The Morgan fingerprint density at radius 3 is 2.53 bits per heavy atom. The van der Waals surface area contributed by atoms with Gasteiger partial charge in [-0.2, -0.15) is 0 Å². The average Bonchev–Trinajstić information content (AvgIpc) is 2.73. The van der Waals surface area contributed by atoms with E-state index in [0.29, 0.717) is 5.92 Å². The van der Waals surface area contributed by atoms with Gasteiger partial charge in [-0.25, -0.2) is 0 Å². The van der Waals surface area contributed by atoms with Gasteiger partial charge in [-0.1, -0.05) is 42.5 Å². The van der Waals surface area contributed by atoms with Crippen LogP contribution in [0.15, 0.2) is 60.7 Å². The summed E-state index contributed by atoms with van der Waals surface area (Å²) < 4.78 is 5.98. The molecular formula is C16H12O. The molecule has 2 atom stereocenters. The number of benzene rings is 2. The summed E-state index contributed by atoms with van der Waals surface area (Å²) in [7, 11) is 0. The molecule has 0 saturated heterocycles. The Kier molecular flexibility index (Phi) is 1.72. The number of rotatable bonds is 0. The van der Waals surface area contributed by atoms with Crippen molar-refractivity contribution in [1.82, 2.24) is 0 Å². The Morgan fingerprint density at radius 1 is 0.882 bits per heavy atom. The fraction of sp³-hybridized carbons (Fsp3) is 0.125. The average molecular weight is 220 g/mol. The molecule has 2 aliphatic rings. The van der Waals surface area contributed by atoms with Gasteiger partial charge in [0.2, 0.25) is 0 Å². The minimum Gasteiger partial charge on any atom is -0.485 e. The van der Waals surface area contributed by atoms with Crippen molar-refractivity contribution in [2.75, 3.05) is 0 Å². The first-order valence-corrected chi connectivity index (χ1v) is 5.96. The maximum absolute atomic E-state index is 5.98. The van der Waals surface area contributed by atoms with E-state index >= 15 is 0 Å². The summed E-state index contributed by atoms with van der Waals surface area (Å²) in [6.07, 6.45) is 8.72. The smallest absolute Gasteiger partial charge is 0.128 e. The van der Waals surface area contributed by atoms with Crippen LogP contribution in [0.4, 0.5) is 0 Å². The number of hydrogen-bond donors (Lipinski definition) is 0. The largest absolute Gasteiger partial charge is 0.485 e. The van der Waals surface area contributed by atoms with Crippen molar-refractivity contribution < 1.29 is 4.74 Å². The number of hydrogen-bond acceptors (Lipinski definition) is 1. The molecule has 2 aromatic rings. The molecule has 0 spiro atoms. The van der Waals surface area contributed by atoms with Crippen LogP contribution < -0.4 is 4.74 Å². The van der Waals surface area contributed by atoms with E-state index in [-0.39, 0.29) is 6.10 Å². The van der Waals surface area contributed by atoms with Crippen LogP contribution in [0.3, 0.4) is 0 Å². The minimum atomic E-state index is 0.187. The SMILES string of the molecule is C1=CC2Oc3cc4ccccc4cc3C2C=C1. The minimum absolute atomic E-state index is 0.187. The normalized spacial score (nSPS) is 24.5. The Morgan fingerprint density at radius 2 is 1.65 bits per heavy atom. The third-order valence-electron chi connectivity index (χ3n) is 3.58. The van der Waals surface area contributed by atoms with Crippen molar-refractivity contribution in [3.63, 3.8) is 0 Å². The lowest BCUT2D eigenvalue weighted by molar-refractivity contribution is 0.269. The van der Waals surface area contributed by atoms with Crippen LogP contribution in [0.1, 0.15) is 11.5 Å². The van der Waals surface area contributed by atoms with Crippen molar-refractivity contribution in [3.05, 3.63) is 66.3 Å². The van der Waals surface area contributed by atoms with Crippen LogP contribution >= 0.6 is 0 Å². The molecule has 1 heterocycles. The van der Waals surface area contributed by atoms with Gasteiger partial charge in [0.05, 0.1) is 0 Å². The molecule has 0 amide bonds. The fourth-order valence-electron chi connectivity index (χ4n) is 2.73. The lowest BCUT2D eigenvalue weighted by atomic mass is 9.91. The van der Waals surface area contributed by atoms with Gasteiger partial charge in [0.15, 0.2) is 0 Å². The first-order chi connectivity index (χ1) is 8.42. The highest BCUT2D eigenvalue weighted by molar-refractivity contribution is 5.85. The van der Waals surface area contributed by atoms with E-state index in [2.05, 4.69) is 60.7 Å². The van der Waals surface area contributed by atoms with Crippen LogP contribution in [0, 0.1) is 0 Å². The molecule has 1 nitrogen and oxygen atoms in total. The quantitative estimate of drug-likeness (QED) is 0.656. The highest BCUT2D eigenvalue weighted by Gasteiger charge is 2.31. The summed E-state index contributed by atoms with van der Waals surface area (Å²) >= 11 is 0. The molecule has 2 aromatic carbocycles. The van der Waals surface area contributed by atoms with Crippen LogP contribution in [0.2, 0.25) is 0 Å².